The van der Waals surface area contributed by atoms with Crippen molar-refractivity contribution in [3.63, 3.8) is 0 Å². The lowest BCUT2D eigenvalue weighted by molar-refractivity contribution is 0.0527. The van der Waals surface area contributed by atoms with Gasteiger partial charge in [-0.25, -0.2) is 14.6 Å². The van der Waals surface area contributed by atoms with E-state index in [1.54, 1.807) is 6.07 Å². The van der Waals surface area contributed by atoms with Crippen molar-refractivity contribution in [2.75, 3.05) is 13.7 Å². The second kappa shape index (κ2) is 12.4. The molecule has 0 radical (unpaired) electrons. The number of carbonyl (C=O) groups is 2. The van der Waals surface area contributed by atoms with E-state index >= 15 is 0 Å². The predicted octanol–water partition coefficient (Wildman–Crippen LogP) is 5.86. The lowest BCUT2D eigenvalue weighted by atomic mass is 9.97. The third-order valence-corrected chi connectivity index (χ3v) is 5.69. The number of aromatic amines is 1. The normalized spacial score (nSPS) is 11.2. The highest BCUT2D eigenvalue weighted by Crippen LogP contribution is 2.25. The number of amides is 1. The number of benzene rings is 2. The Labute approximate surface area is 213 Å². The van der Waals surface area contributed by atoms with Crippen molar-refractivity contribution < 1.29 is 19.1 Å². The summed E-state index contributed by atoms with van der Waals surface area (Å²) in [5.41, 5.74) is 4.94. The van der Waals surface area contributed by atoms with Crippen LogP contribution in [-0.4, -0.2) is 41.3 Å². The lowest BCUT2D eigenvalue weighted by Crippen LogP contribution is -2.33. The van der Waals surface area contributed by atoms with Gasteiger partial charge in [-0.1, -0.05) is 55.8 Å². The average molecular weight is 492 g/mol. The van der Waals surface area contributed by atoms with Gasteiger partial charge in [-0.05, 0) is 49.9 Å². The molecule has 0 fully saturated rings. The van der Waals surface area contributed by atoms with Crippen LogP contribution in [0.1, 0.15) is 73.7 Å². The largest absolute Gasteiger partial charge is 0.465 e. The summed E-state index contributed by atoms with van der Waals surface area (Å²) >= 11 is 0. The Morgan fingerprint density at radius 2 is 1.75 bits per heavy atom. The molecule has 0 unspecified atom stereocenters. The number of ether oxygens (including phenoxy) is 2. The van der Waals surface area contributed by atoms with Gasteiger partial charge in [-0.3, -0.25) is 0 Å². The van der Waals surface area contributed by atoms with Crippen LogP contribution in [0.15, 0.2) is 48.5 Å². The minimum absolute atomic E-state index is 0.351. The molecule has 2 aromatic carbocycles. The first kappa shape index (κ1) is 27.0. The van der Waals surface area contributed by atoms with Gasteiger partial charge in [0.25, 0.3) is 0 Å². The van der Waals surface area contributed by atoms with Gasteiger partial charge < -0.3 is 19.8 Å². The second-order valence-electron chi connectivity index (χ2n) is 9.80. The number of hydrogen-bond donors (Lipinski definition) is 2. The van der Waals surface area contributed by atoms with Gasteiger partial charge in [-0.15, -0.1) is 0 Å². The van der Waals surface area contributed by atoms with E-state index < -0.39 is 11.7 Å². The fraction of sp³-hybridized carbons (Fsp3) is 0.414. The summed E-state index contributed by atoms with van der Waals surface area (Å²) in [4.78, 5) is 32.5. The molecule has 0 bridgehead atoms. The number of rotatable bonds is 10. The smallest absolute Gasteiger partial charge is 0.407 e. The Morgan fingerprint density at radius 1 is 1.03 bits per heavy atom. The molecule has 0 saturated carbocycles. The number of unbranched alkanes of at least 4 members (excludes halogenated alkanes) is 1. The van der Waals surface area contributed by atoms with Crippen molar-refractivity contribution in [2.45, 2.75) is 65.4 Å². The molecule has 0 aliphatic carbocycles. The minimum Gasteiger partial charge on any atom is -0.465 e. The van der Waals surface area contributed by atoms with Crippen LogP contribution >= 0.6 is 0 Å². The number of aromatic nitrogens is 2. The van der Waals surface area contributed by atoms with Crippen LogP contribution in [-0.2, 0) is 28.7 Å². The van der Waals surface area contributed by atoms with Gasteiger partial charge in [0, 0.05) is 31.5 Å². The van der Waals surface area contributed by atoms with Gasteiger partial charge in [0.1, 0.15) is 11.4 Å². The van der Waals surface area contributed by atoms with E-state index in [4.69, 9.17) is 14.5 Å². The topological polar surface area (TPSA) is 93.3 Å². The number of methoxy groups -OCH3 is 1. The van der Waals surface area contributed by atoms with Crippen molar-refractivity contribution in [3.05, 3.63) is 76.9 Å². The van der Waals surface area contributed by atoms with E-state index in [2.05, 4.69) is 29.4 Å². The van der Waals surface area contributed by atoms with E-state index in [1.807, 2.05) is 51.1 Å². The highest BCUT2D eigenvalue weighted by Gasteiger charge is 2.17. The third kappa shape index (κ3) is 7.70. The van der Waals surface area contributed by atoms with E-state index in [9.17, 15) is 9.59 Å². The molecule has 7 heteroatoms. The van der Waals surface area contributed by atoms with Crippen molar-refractivity contribution in [2.24, 2.45) is 0 Å². The van der Waals surface area contributed by atoms with E-state index in [1.165, 1.54) is 7.11 Å². The third-order valence-electron chi connectivity index (χ3n) is 5.69. The maximum Gasteiger partial charge on any atom is 0.407 e. The fourth-order valence-corrected chi connectivity index (χ4v) is 3.95. The standard InChI is InChI=1S/C29H37N3O4/c1-6-7-12-26-31-24(17-18-30-28(34)36-29(2,3)4)25(32-26)19-20-13-15-21(16-14-20)22-10-8-9-11-23(22)27(33)35-5/h8-11,13-16H,6-7,12,17-19H2,1-5H3,(H,30,34)(H,31,32). The quantitative estimate of drug-likeness (QED) is 0.346. The number of carbonyl (C=O) groups excluding carboxylic acids is 2. The summed E-state index contributed by atoms with van der Waals surface area (Å²) in [5.74, 6) is 0.624. The van der Waals surface area contributed by atoms with Crippen LogP contribution in [0, 0.1) is 0 Å². The van der Waals surface area contributed by atoms with E-state index in [0.29, 0.717) is 24.9 Å². The summed E-state index contributed by atoms with van der Waals surface area (Å²) < 4.78 is 10.3. The first-order valence-corrected chi connectivity index (χ1v) is 12.5. The molecule has 3 aromatic rings. The zero-order chi connectivity index (χ0) is 26.1. The van der Waals surface area contributed by atoms with Crippen molar-refractivity contribution in [1.82, 2.24) is 15.3 Å². The highest BCUT2D eigenvalue weighted by molar-refractivity contribution is 5.97. The Morgan fingerprint density at radius 3 is 2.42 bits per heavy atom. The molecule has 192 valence electrons. The zero-order valence-corrected chi connectivity index (χ0v) is 21.9. The number of nitrogens with one attached hydrogen (secondary N) is 2. The maximum absolute atomic E-state index is 12.2. The van der Waals surface area contributed by atoms with Gasteiger partial charge in [0.2, 0.25) is 0 Å². The van der Waals surface area contributed by atoms with Gasteiger partial charge >= 0.3 is 12.1 Å². The number of nitrogens with zero attached hydrogens (tertiary/aromatic N) is 1. The fourth-order valence-electron chi connectivity index (χ4n) is 3.95. The first-order chi connectivity index (χ1) is 17.2. The zero-order valence-electron chi connectivity index (χ0n) is 21.9. The van der Waals surface area contributed by atoms with Gasteiger partial charge in [-0.2, -0.15) is 0 Å². The van der Waals surface area contributed by atoms with E-state index in [0.717, 1.165) is 53.2 Å². The summed E-state index contributed by atoms with van der Waals surface area (Å²) in [6.45, 7) is 8.14. The van der Waals surface area contributed by atoms with Crippen LogP contribution in [0.3, 0.4) is 0 Å². The number of alkyl carbamates (subject to hydrolysis) is 1. The van der Waals surface area contributed by atoms with Crippen LogP contribution in [0.2, 0.25) is 0 Å². The molecule has 3 rings (SSSR count). The van der Waals surface area contributed by atoms with Crippen LogP contribution in [0.5, 0.6) is 0 Å². The highest BCUT2D eigenvalue weighted by atomic mass is 16.6. The summed E-state index contributed by atoms with van der Waals surface area (Å²) in [7, 11) is 1.39. The lowest BCUT2D eigenvalue weighted by Gasteiger charge is -2.19. The Balaban J connectivity index is 1.74. The number of aryl methyl sites for hydroxylation is 1. The van der Waals surface area contributed by atoms with Crippen LogP contribution in [0.25, 0.3) is 11.1 Å². The van der Waals surface area contributed by atoms with Crippen molar-refractivity contribution in [1.29, 1.82) is 0 Å². The molecule has 0 saturated heterocycles. The maximum atomic E-state index is 12.2. The van der Waals surface area contributed by atoms with E-state index in [-0.39, 0.29) is 5.97 Å². The monoisotopic (exact) mass is 491 g/mol. The number of hydrogen-bond acceptors (Lipinski definition) is 5. The molecule has 0 atom stereocenters. The Bertz CT molecular complexity index is 1160. The summed E-state index contributed by atoms with van der Waals surface area (Å²) in [6.07, 6.45) is 3.94. The average Bonchev–Trinajstić information content (AvgIpc) is 3.22. The molecule has 36 heavy (non-hydrogen) atoms. The first-order valence-electron chi connectivity index (χ1n) is 12.5. The second-order valence-corrected chi connectivity index (χ2v) is 9.80. The minimum atomic E-state index is -0.529. The molecule has 7 nitrogen and oxygen atoms in total. The summed E-state index contributed by atoms with van der Waals surface area (Å²) in [5, 5.41) is 2.82. The summed E-state index contributed by atoms with van der Waals surface area (Å²) in [6, 6.07) is 15.6. The van der Waals surface area contributed by atoms with Crippen molar-refractivity contribution >= 4 is 12.1 Å². The molecule has 2 N–H and O–H groups in total. The van der Waals surface area contributed by atoms with Crippen molar-refractivity contribution in [3.8, 4) is 11.1 Å². The van der Waals surface area contributed by atoms with Gasteiger partial charge in [0.05, 0.1) is 18.4 Å². The molecule has 1 heterocycles. The SMILES string of the molecule is CCCCc1nc(CCNC(=O)OC(C)(C)C)c(Cc2ccc(-c3ccccc3C(=O)OC)cc2)[nH]1. The molecule has 1 aromatic heterocycles. The number of imidazole rings is 1. The number of esters is 1. The number of H-pyrrole nitrogens is 1. The molecule has 0 spiro atoms. The molecule has 0 aliphatic rings. The molecule has 1 amide bonds. The molecule has 0 aliphatic heterocycles. The van der Waals surface area contributed by atoms with Gasteiger partial charge in [0.15, 0.2) is 0 Å². The molecular formula is C29H37N3O4. The Hall–Kier alpha value is -3.61. The molecular weight excluding hydrogens is 454 g/mol. The van der Waals surface area contributed by atoms with Crippen LogP contribution in [0.4, 0.5) is 4.79 Å². The Kier molecular flexibility index (Phi) is 9.28. The predicted molar refractivity (Wildman–Crippen MR) is 141 cm³/mol. The van der Waals surface area contributed by atoms with Crippen LogP contribution < -0.4 is 5.32 Å².